The van der Waals surface area contributed by atoms with Gasteiger partial charge in [0.1, 0.15) is 0 Å². The Kier molecular flexibility index (Phi) is 8.52. The van der Waals surface area contributed by atoms with Crippen molar-refractivity contribution >= 4 is 27.7 Å². The highest BCUT2D eigenvalue weighted by Gasteiger charge is 2.35. The van der Waals surface area contributed by atoms with Crippen molar-refractivity contribution in [3.05, 3.63) is 29.8 Å². The highest BCUT2D eigenvalue weighted by molar-refractivity contribution is 7.89. The number of Topliss-reactive ketones (excluding diaryl/α,β-unsaturated/α-hetero) is 1. The van der Waals surface area contributed by atoms with Gasteiger partial charge >= 0.3 is 5.97 Å². The van der Waals surface area contributed by atoms with E-state index in [1.54, 1.807) is 19.1 Å². The molecule has 1 aromatic rings. The van der Waals surface area contributed by atoms with Gasteiger partial charge in [-0.1, -0.05) is 38.8 Å². The summed E-state index contributed by atoms with van der Waals surface area (Å²) in [7, 11) is -3.77. The van der Waals surface area contributed by atoms with Gasteiger partial charge in [-0.05, 0) is 57.1 Å². The fourth-order valence-corrected chi connectivity index (χ4v) is 6.28. The molecule has 2 aliphatic rings. The molecule has 0 bridgehead atoms. The van der Waals surface area contributed by atoms with Gasteiger partial charge in [-0.25, -0.2) is 8.42 Å². The van der Waals surface area contributed by atoms with Crippen molar-refractivity contribution in [3.8, 4) is 0 Å². The van der Waals surface area contributed by atoms with Crippen molar-refractivity contribution in [2.75, 3.05) is 13.1 Å². The lowest BCUT2D eigenvalue weighted by Crippen LogP contribution is -2.48. The summed E-state index contributed by atoms with van der Waals surface area (Å²) in [4.78, 5) is 36.9. The minimum atomic E-state index is -3.77. The first-order valence-corrected chi connectivity index (χ1v) is 13.6. The summed E-state index contributed by atoms with van der Waals surface area (Å²) in [5.41, 5.74) is 0.337. The second-order valence-electron chi connectivity index (χ2n) is 9.72. The Morgan fingerprint density at radius 2 is 1.76 bits per heavy atom. The zero-order valence-corrected chi connectivity index (χ0v) is 21.3. The van der Waals surface area contributed by atoms with E-state index in [4.69, 9.17) is 4.74 Å². The Hall–Kier alpha value is -2.26. The quantitative estimate of drug-likeness (QED) is 0.462. The van der Waals surface area contributed by atoms with Gasteiger partial charge in [0.15, 0.2) is 11.9 Å². The Balaban J connectivity index is 1.52. The molecule has 1 aliphatic carbocycles. The van der Waals surface area contributed by atoms with E-state index in [-0.39, 0.29) is 35.7 Å². The SMILES string of the molecule is CC(=O)c1cccc(S(=O)(=O)N2CCC(C(=O)O[C@H](C)C(=O)N[C@@H]3CCC[C@H](C)[C@@H]3C)CC2)c1. The predicted octanol–water partition coefficient (Wildman–Crippen LogP) is 3.16. The monoisotopic (exact) mass is 492 g/mol. The third-order valence-corrected chi connectivity index (χ3v) is 9.26. The summed E-state index contributed by atoms with van der Waals surface area (Å²) < 4.78 is 32.8. The molecule has 0 unspecified atom stereocenters. The molecule has 1 N–H and O–H groups in total. The second kappa shape index (κ2) is 11.0. The number of amides is 1. The fourth-order valence-electron chi connectivity index (χ4n) is 4.77. The van der Waals surface area contributed by atoms with E-state index in [2.05, 4.69) is 19.2 Å². The van der Waals surface area contributed by atoms with Crippen molar-refractivity contribution in [2.45, 2.75) is 76.8 Å². The molecule has 1 heterocycles. The lowest BCUT2D eigenvalue weighted by molar-refractivity contribution is -0.160. The van der Waals surface area contributed by atoms with Crippen LogP contribution in [0.1, 0.15) is 70.2 Å². The molecule has 9 heteroatoms. The summed E-state index contributed by atoms with van der Waals surface area (Å²) in [6, 6.07) is 6.07. The maximum Gasteiger partial charge on any atom is 0.309 e. The molecule has 2 fully saturated rings. The first-order valence-electron chi connectivity index (χ1n) is 12.1. The zero-order chi connectivity index (χ0) is 25.0. The Labute approximate surface area is 202 Å². The fraction of sp³-hybridized carbons (Fsp3) is 0.640. The molecule has 3 rings (SSSR count). The van der Waals surface area contributed by atoms with Gasteiger partial charge in [0.05, 0.1) is 10.8 Å². The van der Waals surface area contributed by atoms with Crippen LogP contribution in [0.3, 0.4) is 0 Å². The Bertz CT molecular complexity index is 1020. The van der Waals surface area contributed by atoms with E-state index in [1.807, 2.05) is 0 Å². The van der Waals surface area contributed by atoms with Gasteiger partial charge in [0.25, 0.3) is 5.91 Å². The molecular formula is C25H36N2O6S. The molecule has 1 aliphatic heterocycles. The smallest absolute Gasteiger partial charge is 0.309 e. The summed E-state index contributed by atoms with van der Waals surface area (Å²) in [6.07, 6.45) is 2.90. The summed E-state index contributed by atoms with van der Waals surface area (Å²) >= 11 is 0. The predicted molar refractivity (Wildman–Crippen MR) is 128 cm³/mol. The van der Waals surface area contributed by atoms with Crippen LogP contribution in [0.25, 0.3) is 0 Å². The van der Waals surface area contributed by atoms with E-state index in [9.17, 15) is 22.8 Å². The molecule has 0 radical (unpaired) electrons. The molecule has 1 aromatic carbocycles. The number of ketones is 1. The summed E-state index contributed by atoms with van der Waals surface area (Å²) in [5, 5.41) is 3.04. The number of esters is 1. The minimum Gasteiger partial charge on any atom is -0.452 e. The van der Waals surface area contributed by atoms with E-state index in [1.165, 1.54) is 23.4 Å². The van der Waals surface area contributed by atoms with E-state index in [0.717, 1.165) is 19.3 Å². The van der Waals surface area contributed by atoms with Crippen LogP contribution in [-0.4, -0.2) is 55.6 Å². The maximum absolute atomic E-state index is 13.0. The lowest BCUT2D eigenvalue weighted by atomic mass is 9.78. The van der Waals surface area contributed by atoms with Gasteiger partial charge in [-0.3, -0.25) is 14.4 Å². The van der Waals surface area contributed by atoms with Crippen molar-refractivity contribution in [1.29, 1.82) is 0 Å². The zero-order valence-electron chi connectivity index (χ0n) is 20.5. The molecule has 1 saturated heterocycles. The molecule has 0 aromatic heterocycles. The van der Waals surface area contributed by atoms with Crippen LogP contribution in [0.2, 0.25) is 0 Å². The van der Waals surface area contributed by atoms with Crippen molar-refractivity contribution < 1.29 is 27.5 Å². The molecule has 1 amide bonds. The summed E-state index contributed by atoms with van der Waals surface area (Å²) in [5.74, 6) is -0.498. The van der Waals surface area contributed by atoms with Crippen LogP contribution in [0.4, 0.5) is 0 Å². The second-order valence-corrected chi connectivity index (χ2v) is 11.7. The number of nitrogens with zero attached hydrogens (tertiary/aromatic N) is 1. The molecule has 4 atom stereocenters. The van der Waals surface area contributed by atoms with Crippen LogP contribution in [-0.2, 0) is 24.3 Å². The normalized spacial score (nSPS) is 25.4. The van der Waals surface area contributed by atoms with Gasteiger partial charge in [0, 0.05) is 24.7 Å². The molecule has 1 saturated carbocycles. The van der Waals surface area contributed by atoms with Crippen molar-refractivity contribution in [1.82, 2.24) is 9.62 Å². The molecule has 8 nitrogen and oxygen atoms in total. The van der Waals surface area contributed by atoms with E-state index >= 15 is 0 Å². The van der Waals surface area contributed by atoms with Crippen LogP contribution < -0.4 is 5.32 Å². The third-order valence-electron chi connectivity index (χ3n) is 7.36. The van der Waals surface area contributed by atoms with Gasteiger partial charge in [0.2, 0.25) is 10.0 Å². The number of hydrogen-bond donors (Lipinski definition) is 1. The number of nitrogens with one attached hydrogen (secondary N) is 1. The lowest BCUT2D eigenvalue weighted by Gasteiger charge is -2.35. The average molecular weight is 493 g/mol. The average Bonchev–Trinajstić information content (AvgIpc) is 2.82. The first-order chi connectivity index (χ1) is 16.0. The standard InChI is InChI=1S/C25H36N2O6S/c1-16-7-5-10-23(17(16)2)26-24(29)19(4)33-25(30)20-11-13-27(14-12-20)34(31,32)22-9-6-8-21(15-22)18(3)28/h6,8-9,15-17,19-20,23H,5,7,10-14H2,1-4H3,(H,26,29)/t16-,17-,19+,23+/m0/s1. The number of carbonyl (C=O) groups excluding carboxylic acids is 3. The number of piperidine rings is 1. The van der Waals surface area contributed by atoms with Crippen LogP contribution >= 0.6 is 0 Å². The minimum absolute atomic E-state index is 0.0674. The largest absolute Gasteiger partial charge is 0.452 e. The van der Waals surface area contributed by atoms with Crippen LogP contribution in [0.5, 0.6) is 0 Å². The Morgan fingerprint density at radius 1 is 1.09 bits per heavy atom. The molecule has 188 valence electrons. The van der Waals surface area contributed by atoms with Crippen LogP contribution in [0.15, 0.2) is 29.2 Å². The first kappa shape index (κ1) is 26.3. The van der Waals surface area contributed by atoms with Gasteiger partial charge in [-0.15, -0.1) is 0 Å². The molecule has 34 heavy (non-hydrogen) atoms. The van der Waals surface area contributed by atoms with E-state index in [0.29, 0.717) is 30.2 Å². The van der Waals surface area contributed by atoms with Crippen molar-refractivity contribution in [2.24, 2.45) is 17.8 Å². The van der Waals surface area contributed by atoms with Gasteiger partial charge in [-0.2, -0.15) is 4.31 Å². The van der Waals surface area contributed by atoms with Crippen molar-refractivity contribution in [3.63, 3.8) is 0 Å². The number of ether oxygens (including phenoxy) is 1. The third kappa shape index (κ3) is 6.05. The maximum atomic E-state index is 13.0. The van der Waals surface area contributed by atoms with E-state index < -0.39 is 28.0 Å². The van der Waals surface area contributed by atoms with Crippen LogP contribution in [0, 0.1) is 17.8 Å². The number of hydrogen-bond acceptors (Lipinski definition) is 6. The number of benzene rings is 1. The highest BCUT2D eigenvalue weighted by Crippen LogP contribution is 2.30. The topological polar surface area (TPSA) is 110 Å². The number of carbonyl (C=O) groups is 3. The number of sulfonamides is 1. The molecule has 0 spiro atoms. The van der Waals surface area contributed by atoms with Gasteiger partial charge < -0.3 is 10.1 Å². The highest BCUT2D eigenvalue weighted by atomic mass is 32.2. The number of rotatable bonds is 7. The summed E-state index contributed by atoms with van der Waals surface area (Å²) in [6.45, 7) is 7.64. The Morgan fingerprint density at radius 3 is 2.41 bits per heavy atom. The molecular weight excluding hydrogens is 456 g/mol.